The molecule has 2 atom stereocenters. The van der Waals surface area contributed by atoms with Crippen LogP contribution >= 0.6 is 0 Å². The first kappa shape index (κ1) is 10.6. The number of benzene rings is 1. The molecule has 0 saturated carbocycles. The number of hydrogen-bond acceptors (Lipinski definition) is 1. The Labute approximate surface area is 108 Å². The Balaban J connectivity index is 1.95. The monoisotopic (exact) mass is 240 g/mol. The number of hydrogen-bond donors (Lipinski definition) is 2. The van der Waals surface area contributed by atoms with E-state index in [1.807, 2.05) is 0 Å². The number of para-hydroxylation sites is 1. The van der Waals surface area contributed by atoms with Crippen molar-refractivity contribution in [2.75, 3.05) is 6.54 Å². The molecular weight excluding hydrogens is 220 g/mol. The van der Waals surface area contributed by atoms with Gasteiger partial charge in [-0.1, -0.05) is 25.1 Å². The van der Waals surface area contributed by atoms with Crippen LogP contribution in [0.25, 0.3) is 10.9 Å². The Morgan fingerprint density at radius 1 is 1.22 bits per heavy atom. The summed E-state index contributed by atoms with van der Waals surface area (Å²) in [6, 6.07) is 9.30. The van der Waals surface area contributed by atoms with E-state index in [0.717, 1.165) is 0 Å². The third-order valence-corrected chi connectivity index (χ3v) is 5.03. The summed E-state index contributed by atoms with van der Waals surface area (Å²) in [6.45, 7) is 3.63. The van der Waals surface area contributed by atoms with Gasteiger partial charge in [0.05, 0.1) is 0 Å². The molecule has 0 spiro atoms. The number of rotatable bonds is 0. The van der Waals surface area contributed by atoms with Gasteiger partial charge in [-0.2, -0.15) is 0 Å². The number of aromatic nitrogens is 1. The number of aryl methyl sites for hydroxylation is 1. The van der Waals surface area contributed by atoms with Crippen LogP contribution in [0.5, 0.6) is 0 Å². The van der Waals surface area contributed by atoms with Crippen LogP contribution in [0.3, 0.4) is 0 Å². The van der Waals surface area contributed by atoms with E-state index >= 15 is 0 Å². The average Bonchev–Trinajstić information content (AvgIpc) is 2.77. The minimum Gasteiger partial charge on any atom is -0.358 e. The third kappa shape index (κ3) is 1.33. The maximum atomic E-state index is 3.78. The Morgan fingerprint density at radius 2 is 2.11 bits per heavy atom. The van der Waals surface area contributed by atoms with Gasteiger partial charge in [0.1, 0.15) is 0 Å². The van der Waals surface area contributed by atoms with E-state index in [4.69, 9.17) is 0 Å². The zero-order chi connectivity index (χ0) is 12.2. The van der Waals surface area contributed by atoms with Crippen molar-refractivity contribution >= 4 is 10.9 Å². The molecule has 1 saturated heterocycles. The quantitative estimate of drug-likeness (QED) is 0.724. The first-order chi connectivity index (χ1) is 8.78. The van der Waals surface area contributed by atoms with Gasteiger partial charge in [-0.15, -0.1) is 0 Å². The lowest BCUT2D eigenvalue weighted by molar-refractivity contribution is 0.133. The molecule has 2 heteroatoms. The van der Waals surface area contributed by atoms with Crippen LogP contribution in [-0.2, 0) is 6.42 Å². The fourth-order valence-electron chi connectivity index (χ4n) is 4.01. The molecule has 1 aliphatic heterocycles. The summed E-state index contributed by atoms with van der Waals surface area (Å²) in [5.41, 5.74) is 4.78. The zero-order valence-corrected chi connectivity index (χ0v) is 10.9. The molecule has 0 amide bonds. The molecule has 1 aliphatic carbocycles. The zero-order valence-electron chi connectivity index (χ0n) is 10.9. The smallest absolute Gasteiger partial charge is 0.0459 e. The summed E-state index contributed by atoms with van der Waals surface area (Å²) in [7, 11) is 0. The number of piperidine rings is 1. The third-order valence-electron chi connectivity index (χ3n) is 5.03. The van der Waals surface area contributed by atoms with Crippen molar-refractivity contribution in [3.05, 3.63) is 35.5 Å². The fraction of sp³-hybridized carbons (Fsp3) is 0.500. The number of fused-ring (bicyclic) bond motifs is 5. The van der Waals surface area contributed by atoms with E-state index in [9.17, 15) is 0 Å². The average molecular weight is 240 g/mol. The molecule has 4 rings (SSSR count). The van der Waals surface area contributed by atoms with Gasteiger partial charge in [-0.3, -0.25) is 0 Å². The molecule has 2 aromatic rings. The highest BCUT2D eigenvalue weighted by molar-refractivity contribution is 5.85. The van der Waals surface area contributed by atoms with Crippen LogP contribution < -0.4 is 5.32 Å². The van der Waals surface area contributed by atoms with Gasteiger partial charge in [0.2, 0.25) is 0 Å². The van der Waals surface area contributed by atoms with Crippen LogP contribution in [0.15, 0.2) is 24.3 Å². The summed E-state index contributed by atoms with van der Waals surface area (Å²) in [5, 5.41) is 5.20. The molecule has 2 aliphatic rings. The highest BCUT2D eigenvalue weighted by Gasteiger charge is 2.42. The summed E-state index contributed by atoms with van der Waals surface area (Å²) in [5.74, 6) is 0. The minimum atomic E-state index is 0.455. The van der Waals surface area contributed by atoms with Crippen molar-refractivity contribution in [2.45, 2.75) is 38.6 Å². The van der Waals surface area contributed by atoms with Crippen molar-refractivity contribution in [1.29, 1.82) is 0 Å². The van der Waals surface area contributed by atoms with Crippen molar-refractivity contribution in [2.24, 2.45) is 5.41 Å². The Kier molecular flexibility index (Phi) is 2.13. The summed E-state index contributed by atoms with van der Waals surface area (Å²) in [6.07, 6.45) is 5.21. The van der Waals surface area contributed by atoms with Gasteiger partial charge >= 0.3 is 0 Å². The molecule has 1 fully saturated rings. The topological polar surface area (TPSA) is 27.8 Å². The summed E-state index contributed by atoms with van der Waals surface area (Å²) in [4.78, 5) is 3.63. The molecule has 2 N–H and O–H groups in total. The molecule has 94 valence electrons. The molecule has 2 heterocycles. The van der Waals surface area contributed by atoms with Crippen LogP contribution in [0.4, 0.5) is 0 Å². The number of aromatic amines is 1. The predicted octanol–water partition coefficient (Wildman–Crippen LogP) is 3.54. The predicted molar refractivity (Wildman–Crippen MR) is 74.7 cm³/mol. The van der Waals surface area contributed by atoms with Gasteiger partial charge in [0.25, 0.3) is 0 Å². The molecule has 0 bridgehead atoms. The van der Waals surface area contributed by atoms with Crippen LogP contribution in [0.1, 0.15) is 43.5 Å². The maximum Gasteiger partial charge on any atom is 0.0459 e. The van der Waals surface area contributed by atoms with Crippen molar-refractivity contribution in [3.8, 4) is 0 Å². The Bertz CT molecular complexity index is 598. The number of H-pyrrole nitrogens is 1. The molecule has 1 aromatic heterocycles. The van der Waals surface area contributed by atoms with Crippen molar-refractivity contribution in [3.63, 3.8) is 0 Å². The lowest BCUT2D eigenvalue weighted by Gasteiger charge is -2.45. The highest BCUT2D eigenvalue weighted by Crippen LogP contribution is 2.50. The van der Waals surface area contributed by atoms with E-state index in [0.29, 0.717) is 11.5 Å². The van der Waals surface area contributed by atoms with Gasteiger partial charge in [-0.05, 0) is 49.3 Å². The second-order valence-corrected chi connectivity index (χ2v) is 6.21. The van der Waals surface area contributed by atoms with Crippen LogP contribution in [0, 0.1) is 5.41 Å². The largest absolute Gasteiger partial charge is 0.358 e. The Hall–Kier alpha value is -1.28. The molecule has 1 aromatic carbocycles. The SMILES string of the molecule is C[C@]12CCCN[C@H]1c1c([nH]c3ccccc13)CC2. The van der Waals surface area contributed by atoms with Crippen molar-refractivity contribution in [1.82, 2.24) is 10.3 Å². The normalized spacial score (nSPS) is 31.1. The van der Waals surface area contributed by atoms with E-state index in [1.165, 1.54) is 48.8 Å². The van der Waals surface area contributed by atoms with E-state index in [1.54, 1.807) is 5.56 Å². The summed E-state index contributed by atoms with van der Waals surface area (Å²) < 4.78 is 0. The van der Waals surface area contributed by atoms with Crippen LogP contribution in [-0.4, -0.2) is 11.5 Å². The first-order valence-electron chi connectivity index (χ1n) is 7.11. The first-order valence-corrected chi connectivity index (χ1v) is 7.11. The molecular formula is C16H20N2. The molecule has 0 radical (unpaired) electrons. The van der Waals surface area contributed by atoms with Gasteiger partial charge in [0.15, 0.2) is 0 Å². The lowest BCUT2D eigenvalue weighted by atomic mass is 9.66. The van der Waals surface area contributed by atoms with Gasteiger partial charge in [0, 0.05) is 22.6 Å². The second kappa shape index (κ2) is 3.61. The lowest BCUT2D eigenvalue weighted by Crippen LogP contribution is -2.44. The molecule has 0 unspecified atom stereocenters. The van der Waals surface area contributed by atoms with E-state index < -0.39 is 0 Å². The molecule has 2 nitrogen and oxygen atoms in total. The standard InChI is InChI=1S/C16H20N2/c1-16-8-4-10-17-15(16)14-11-5-2-3-6-12(11)18-13(14)7-9-16/h2-3,5-6,15,17-18H,4,7-10H2,1H3/t15-,16+/m0/s1. The summed E-state index contributed by atoms with van der Waals surface area (Å²) >= 11 is 0. The van der Waals surface area contributed by atoms with Crippen LogP contribution in [0.2, 0.25) is 0 Å². The van der Waals surface area contributed by atoms with Gasteiger partial charge < -0.3 is 10.3 Å². The maximum absolute atomic E-state index is 3.78. The Morgan fingerprint density at radius 3 is 3.06 bits per heavy atom. The van der Waals surface area contributed by atoms with E-state index in [-0.39, 0.29) is 0 Å². The van der Waals surface area contributed by atoms with Crippen molar-refractivity contribution < 1.29 is 0 Å². The molecule has 18 heavy (non-hydrogen) atoms. The highest BCUT2D eigenvalue weighted by atomic mass is 15.0. The number of nitrogens with one attached hydrogen (secondary N) is 2. The van der Waals surface area contributed by atoms with E-state index in [2.05, 4.69) is 41.5 Å². The minimum absolute atomic E-state index is 0.455. The van der Waals surface area contributed by atoms with Gasteiger partial charge in [-0.25, -0.2) is 0 Å². The second-order valence-electron chi connectivity index (χ2n) is 6.21. The fourth-order valence-corrected chi connectivity index (χ4v) is 4.01.